The van der Waals surface area contributed by atoms with Crippen LogP contribution < -0.4 is 0 Å². The summed E-state index contributed by atoms with van der Waals surface area (Å²) in [4.78, 5) is 37.6. The lowest BCUT2D eigenvalue weighted by molar-refractivity contribution is -0.161. The van der Waals surface area contributed by atoms with Crippen molar-refractivity contribution in [2.75, 3.05) is 13.2 Å². The number of carbonyl (C=O) groups excluding carboxylic acids is 3. The molecule has 0 aromatic rings. The average molecular weight is 453 g/mol. The minimum Gasteiger partial charge on any atom is -0.466 e. The van der Waals surface area contributed by atoms with Crippen LogP contribution in [0.15, 0.2) is 12.2 Å². The molecule has 0 spiro atoms. The number of carbonyl (C=O) groups is 3. The standard InChI is InChI=1S/C26H44O6/c1-5-8-9-13-22(27)16-14-21-15-17-23(28)26(21,25(30)32-7-3)18-11-10-12-20(4)19-24(29)31-6-2/h14,16,20-22,27H,5-13,15,17-19H2,1-4H3/t20?,21-,22?,26+/m0/s1. The second-order valence-electron chi connectivity index (χ2n) is 9.07. The fourth-order valence-corrected chi connectivity index (χ4v) is 4.64. The van der Waals surface area contributed by atoms with Crippen molar-refractivity contribution >= 4 is 17.7 Å². The Balaban J connectivity index is 2.78. The third-order valence-electron chi connectivity index (χ3n) is 6.46. The van der Waals surface area contributed by atoms with Crippen LogP contribution in [-0.2, 0) is 23.9 Å². The van der Waals surface area contributed by atoms with Crippen molar-refractivity contribution in [2.45, 2.75) is 104 Å². The van der Waals surface area contributed by atoms with Gasteiger partial charge in [-0.2, -0.15) is 0 Å². The van der Waals surface area contributed by atoms with Gasteiger partial charge in [0.05, 0.1) is 19.3 Å². The molecule has 0 aliphatic heterocycles. The summed E-state index contributed by atoms with van der Waals surface area (Å²) in [6, 6.07) is 0. The molecule has 0 saturated heterocycles. The molecular formula is C26H44O6. The second kappa shape index (κ2) is 15.2. The van der Waals surface area contributed by atoms with Gasteiger partial charge in [0.25, 0.3) is 0 Å². The zero-order chi connectivity index (χ0) is 24.0. The molecule has 1 aliphatic carbocycles. The normalized spacial score (nSPS) is 22.8. The molecule has 4 atom stereocenters. The largest absolute Gasteiger partial charge is 0.466 e. The van der Waals surface area contributed by atoms with Gasteiger partial charge in [-0.1, -0.05) is 64.5 Å². The summed E-state index contributed by atoms with van der Waals surface area (Å²) >= 11 is 0. The number of ketones is 1. The maximum absolute atomic E-state index is 13.0. The van der Waals surface area contributed by atoms with Crippen LogP contribution in [0.3, 0.4) is 0 Å². The lowest BCUT2D eigenvalue weighted by Crippen LogP contribution is -2.41. The van der Waals surface area contributed by atoms with Crippen molar-refractivity contribution in [3.8, 4) is 0 Å². The molecule has 1 N–H and O–H groups in total. The van der Waals surface area contributed by atoms with Crippen LogP contribution in [0.1, 0.15) is 98.3 Å². The Hall–Kier alpha value is -1.69. The third kappa shape index (κ3) is 8.68. The zero-order valence-electron chi connectivity index (χ0n) is 20.6. The molecule has 2 unspecified atom stereocenters. The van der Waals surface area contributed by atoms with Gasteiger partial charge in [0, 0.05) is 18.8 Å². The van der Waals surface area contributed by atoms with Crippen molar-refractivity contribution < 1.29 is 29.0 Å². The van der Waals surface area contributed by atoms with Crippen molar-refractivity contribution in [1.29, 1.82) is 0 Å². The summed E-state index contributed by atoms with van der Waals surface area (Å²) in [6.07, 6.45) is 11.1. The summed E-state index contributed by atoms with van der Waals surface area (Å²) in [5, 5.41) is 10.3. The predicted molar refractivity (Wildman–Crippen MR) is 125 cm³/mol. The molecule has 32 heavy (non-hydrogen) atoms. The molecule has 1 aliphatic rings. The lowest BCUT2D eigenvalue weighted by Gasteiger charge is -2.30. The molecule has 0 radical (unpaired) electrons. The molecule has 0 bridgehead atoms. The summed E-state index contributed by atoms with van der Waals surface area (Å²) < 4.78 is 10.4. The number of unbranched alkanes of at least 4 members (excludes halogenated alkanes) is 3. The average Bonchev–Trinajstić information content (AvgIpc) is 3.06. The Morgan fingerprint density at radius 2 is 1.78 bits per heavy atom. The Labute approximate surface area is 194 Å². The Bertz CT molecular complexity index is 613. The van der Waals surface area contributed by atoms with Gasteiger partial charge in [-0.15, -0.1) is 0 Å². The minimum atomic E-state index is -1.15. The first-order valence-corrected chi connectivity index (χ1v) is 12.5. The highest BCUT2D eigenvalue weighted by Gasteiger charge is 2.55. The number of esters is 2. The number of ether oxygens (including phenoxy) is 2. The number of rotatable bonds is 16. The zero-order valence-corrected chi connectivity index (χ0v) is 20.6. The summed E-state index contributed by atoms with van der Waals surface area (Å²) in [7, 11) is 0. The summed E-state index contributed by atoms with van der Waals surface area (Å²) in [6.45, 7) is 8.32. The van der Waals surface area contributed by atoms with Crippen LogP contribution in [0.4, 0.5) is 0 Å². The number of hydrogen-bond donors (Lipinski definition) is 1. The fourth-order valence-electron chi connectivity index (χ4n) is 4.64. The quantitative estimate of drug-likeness (QED) is 0.150. The molecule has 1 saturated carbocycles. The third-order valence-corrected chi connectivity index (χ3v) is 6.46. The van der Waals surface area contributed by atoms with Crippen LogP contribution in [0, 0.1) is 17.3 Å². The smallest absolute Gasteiger partial charge is 0.320 e. The first-order chi connectivity index (χ1) is 15.3. The molecule has 0 amide bonds. The molecule has 6 heteroatoms. The molecule has 0 aromatic heterocycles. The first kappa shape index (κ1) is 28.3. The SMILES string of the molecule is CCCCCC(O)C=C[C@H]1CCC(=O)[C@]1(CCCCC(C)CC(=O)OCC)C(=O)OCC. The van der Waals surface area contributed by atoms with Crippen LogP contribution in [0.5, 0.6) is 0 Å². The van der Waals surface area contributed by atoms with Gasteiger partial charge in [0.2, 0.25) is 0 Å². The number of aliphatic hydroxyl groups is 1. The van der Waals surface area contributed by atoms with Gasteiger partial charge >= 0.3 is 11.9 Å². The van der Waals surface area contributed by atoms with Crippen molar-refractivity contribution in [3.05, 3.63) is 12.2 Å². The van der Waals surface area contributed by atoms with E-state index in [0.29, 0.717) is 45.1 Å². The fraction of sp³-hybridized carbons (Fsp3) is 0.808. The maximum Gasteiger partial charge on any atom is 0.320 e. The molecular weight excluding hydrogens is 408 g/mol. The van der Waals surface area contributed by atoms with E-state index in [1.807, 2.05) is 13.0 Å². The molecule has 0 heterocycles. The molecule has 184 valence electrons. The lowest BCUT2D eigenvalue weighted by atomic mass is 9.72. The van der Waals surface area contributed by atoms with E-state index < -0.39 is 17.5 Å². The Morgan fingerprint density at radius 1 is 1.09 bits per heavy atom. The van der Waals surface area contributed by atoms with Crippen LogP contribution in [0.25, 0.3) is 0 Å². The van der Waals surface area contributed by atoms with Crippen molar-refractivity contribution in [2.24, 2.45) is 17.3 Å². The summed E-state index contributed by atoms with van der Waals surface area (Å²) in [5.74, 6) is -0.716. The van der Waals surface area contributed by atoms with Crippen molar-refractivity contribution in [1.82, 2.24) is 0 Å². The predicted octanol–water partition coefficient (Wildman–Crippen LogP) is 5.16. The van der Waals surface area contributed by atoms with E-state index >= 15 is 0 Å². The second-order valence-corrected chi connectivity index (χ2v) is 9.07. The highest BCUT2D eigenvalue weighted by Crippen LogP contribution is 2.46. The van der Waals surface area contributed by atoms with E-state index in [4.69, 9.17) is 9.47 Å². The van der Waals surface area contributed by atoms with Gasteiger partial charge < -0.3 is 14.6 Å². The van der Waals surface area contributed by atoms with Gasteiger partial charge in [0.15, 0.2) is 5.78 Å². The van der Waals surface area contributed by atoms with Gasteiger partial charge in [0.1, 0.15) is 5.41 Å². The molecule has 0 aromatic carbocycles. The number of aliphatic hydroxyl groups excluding tert-OH is 1. The van der Waals surface area contributed by atoms with Gasteiger partial charge in [-0.05, 0) is 39.0 Å². The Kier molecular flexibility index (Phi) is 13.5. The van der Waals surface area contributed by atoms with Crippen LogP contribution in [-0.4, -0.2) is 42.1 Å². The number of Topliss-reactive ketones (excluding diaryl/α,β-unsaturated/α-hetero) is 1. The first-order valence-electron chi connectivity index (χ1n) is 12.5. The molecule has 1 fully saturated rings. The van der Waals surface area contributed by atoms with Gasteiger partial charge in [-0.3, -0.25) is 14.4 Å². The highest BCUT2D eigenvalue weighted by molar-refractivity contribution is 6.06. The maximum atomic E-state index is 13.0. The van der Waals surface area contributed by atoms with E-state index in [1.165, 1.54) is 0 Å². The van der Waals surface area contributed by atoms with E-state index in [0.717, 1.165) is 32.1 Å². The van der Waals surface area contributed by atoms with E-state index in [2.05, 4.69) is 6.92 Å². The van der Waals surface area contributed by atoms with E-state index in [1.54, 1.807) is 19.9 Å². The summed E-state index contributed by atoms with van der Waals surface area (Å²) in [5.41, 5.74) is -1.15. The number of hydrogen-bond acceptors (Lipinski definition) is 6. The van der Waals surface area contributed by atoms with Gasteiger partial charge in [-0.25, -0.2) is 0 Å². The molecule has 1 rings (SSSR count). The molecule has 6 nitrogen and oxygen atoms in total. The van der Waals surface area contributed by atoms with Crippen LogP contribution >= 0.6 is 0 Å². The highest BCUT2D eigenvalue weighted by atomic mass is 16.5. The van der Waals surface area contributed by atoms with Crippen LogP contribution in [0.2, 0.25) is 0 Å². The van der Waals surface area contributed by atoms with E-state index in [-0.39, 0.29) is 30.2 Å². The topological polar surface area (TPSA) is 89.9 Å². The minimum absolute atomic E-state index is 0.0503. The monoisotopic (exact) mass is 452 g/mol. The number of allylic oxidation sites excluding steroid dienone is 1. The van der Waals surface area contributed by atoms with E-state index in [9.17, 15) is 19.5 Å². The Morgan fingerprint density at radius 3 is 2.44 bits per heavy atom. The van der Waals surface area contributed by atoms with Crippen molar-refractivity contribution in [3.63, 3.8) is 0 Å².